The van der Waals surface area contributed by atoms with E-state index in [1.807, 2.05) is 61.7 Å². The van der Waals surface area contributed by atoms with Gasteiger partial charge in [-0.25, -0.2) is 4.79 Å². The predicted molar refractivity (Wildman–Crippen MR) is 166 cm³/mol. The van der Waals surface area contributed by atoms with Gasteiger partial charge >= 0.3 is 24.8 Å². The van der Waals surface area contributed by atoms with Crippen molar-refractivity contribution in [1.82, 2.24) is 5.32 Å². The summed E-state index contributed by atoms with van der Waals surface area (Å²) in [7, 11) is 0. The molecule has 0 bridgehead atoms. The van der Waals surface area contributed by atoms with E-state index >= 15 is 0 Å². The third-order valence-electron chi connectivity index (χ3n) is 7.01. The van der Waals surface area contributed by atoms with Crippen molar-refractivity contribution in [2.75, 3.05) is 12.0 Å². The van der Waals surface area contributed by atoms with Crippen LogP contribution in [0.2, 0.25) is 0 Å². The van der Waals surface area contributed by atoms with Gasteiger partial charge in [0.2, 0.25) is 0 Å². The Morgan fingerprint density at radius 3 is 2.38 bits per heavy atom. The number of benzene rings is 3. The number of carboxylic acids is 1. The van der Waals surface area contributed by atoms with E-state index in [2.05, 4.69) is 43.4 Å². The van der Waals surface area contributed by atoms with Crippen LogP contribution in [0.25, 0.3) is 22.5 Å². The topological polar surface area (TPSA) is 88.8 Å². The van der Waals surface area contributed by atoms with Crippen molar-refractivity contribution >= 4 is 23.6 Å². The molecule has 1 amide bonds. The van der Waals surface area contributed by atoms with Gasteiger partial charge in [0.25, 0.3) is 5.91 Å². The van der Waals surface area contributed by atoms with Crippen molar-refractivity contribution in [2.24, 2.45) is 0 Å². The van der Waals surface area contributed by atoms with Gasteiger partial charge in [-0.3, -0.25) is 4.79 Å². The number of nitrogens with one attached hydrogen (secondary N) is 1. The molecule has 0 aliphatic heterocycles. The first-order valence-corrected chi connectivity index (χ1v) is 15.1. The van der Waals surface area contributed by atoms with E-state index in [0.29, 0.717) is 36.9 Å². The van der Waals surface area contributed by atoms with Crippen LogP contribution in [0.15, 0.2) is 83.3 Å². The average Bonchev–Trinajstić information content (AvgIpc) is 3.44. The molecule has 1 unspecified atom stereocenters. The molecule has 0 fully saturated rings. The summed E-state index contributed by atoms with van der Waals surface area (Å²) in [5, 5.41) is 12.3. The van der Waals surface area contributed by atoms with Crippen LogP contribution in [-0.2, 0) is 22.7 Å². The van der Waals surface area contributed by atoms with E-state index < -0.39 is 17.9 Å². The van der Waals surface area contributed by atoms with Crippen LogP contribution in [0.5, 0.6) is 0 Å². The largest absolute Gasteiger partial charge is 1.00 e. The van der Waals surface area contributed by atoms with Crippen molar-refractivity contribution in [2.45, 2.75) is 52.4 Å². The number of hydrogen-bond acceptors (Lipinski definition) is 5. The summed E-state index contributed by atoms with van der Waals surface area (Å²) in [5.41, 5.74) is 6.30. The zero-order valence-electron chi connectivity index (χ0n) is 26.0. The third kappa shape index (κ3) is 8.65. The molecule has 42 heavy (non-hydrogen) atoms. The van der Waals surface area contributed by atoms with Gasteiger partial charge < -0.3 is 21.0 Å². The summed E-state index contributed by atoms with van der Waals surface area (Å²) in [6, 6.07) is 24.7. The van der Waals surface area contributed by atoms with E-state index in [1.165, 1.54) is 5.56 Å². The predicted octanol–water partition coefficient (Wildman–Crippen LogP) is 4.81. The molecule has 0 aliphatic rings. The van der Waals surface area contributed by atoms with Crippen molar-refractivity contribution in [3.05, 3.63) is 107 Å². The number of carboxylic acid groups (broad SMARTS) is 1. The second-order valence-corrected chi connectivity index (χ2v) is 11.4. The van der Waals surface area contributed by atoms with Gasteiger partial charge in [-0.1, -0.05) is 68.4 Å². The average molecular weight is 580 g/mol. The van der Waals surface area contributed by atoms with Crippen molar-refractivity contribution in [3.8, 4) is 22.5 Å². The zero-order chi connectivity index (χ0) is 29.4. The Morgan fingerprint density at radius 2 is 1.71 bits per heavy atom. The zero-order valence-corrected chi connectivity index (χ0v) is 25.8. The third-order valence-corrected chi connectivity index (χ3v) is 7.66. The van der Waals surface area contributed by atoms with E-state index in [4.69, 9.17) is 9.15 Å². The maximum absolute atomic E-state index is 13.3. The Labute approximate surface area is 265 Å². The van der Waals surface area contributed by atoms with Crippen molar-refractivity contribution in [1.29, 1.82) is 0 Å². The molecule has 4 rings (SSSR count). The Kier molecular flexibility index (Phi) is 12.6. The maximum atomic E-state index is 13.3. The minimum absolute atomic E-state index is 0. The van der Waals surface area contributed by atoms with Gasteiger partial charge in [-0.05, 0) is 83.4 Å². The van der Waals surface area contributed by atoms with Crippen LogP contribution >= 0.6 is 11.8 Å². The Balaban J connectivity index is 0.00000323. The fourth-order valence-corrected chi connectivity index (χ4v) is 5.09. The monoisotopic (exact) mass is 579 g/mol. The number of carbonyl (C=O) groups is 2. The second kappa shape index (κ2) is 15.9. The fraction of sp³-hybridized carbons (Fsp3) is 0.294. The molecule has 4 aromatic rings. The molecule has 0 radical (unpaired) electrons. The van der Waals surface area contributed by atoms with Gasteiger partial charge in [0.05, 0.1) is 6.61 Å². The Morgan fingerprint density at radius 1 is 0.976 bits per heavy atom. The number of aliphatic carboxylic acids is 1. The van der Waals surface area contributed by atoms with Crippen LogP contribution in [0.1, 0.15) is 60.4 Å². The number of rotatable bonds is 13. The smallest absolute Gasteiger partial charge is 1.00 e. The maximum Gasteiger partial charge on any atom is 1.00 e. The molecule has 0 aliphatic carbocycles. The Hall–Kier alpha value is -3.21. The second-order valence-electron chi connectivity index (χ2n) is 10.4. The van der Waals surface area contributed by atoms with Gasteiger partial charge in [0.15, 0.2) is 0 Å². The van der Waals surface area contributed by atoms with Crippen molar-refractivity contribution in [3.63, 3.8) is 0 Å². The molecule has 216 valence electrons. The van der Waals surface area contributed by atoms with E-state index in [0.717, 1.165) is 39.3 Å². The summed E-state index contributed by atoms with van der Waals surface area (Å²) in [6.07, 6.45) is 2.26. The van der Waals surface area contributed by atoms with E-state index in [9.17, 15) is 14.7 Å². The molecule has 1 heterocycles. The SMILES string of the molecule is CSCCC(NC(=O)c1ccc(COCc2ccc(-c3ccc(C(C)C)cc3)o2)cc1-c1ccccc1C)C(=O)O.[H-].[Li+]. The quantitative estimate of drug-likeness (QED) is 0.221. The van der Waals surface area contributed by atoms with E-state index in [-0.39, 0.29) is 20.3 Å². The fourth-order valence-electron chi connectivity index (χ4n) is 4.62. The number of thioether (sulfide) groups is 1. The number of aryl methyl sites for hydroxylation is 1. The first-order valence-electron chi connectivity index (χ1n) is 13.7. The first-order chi connectivity index (χ1) is 19.8. The van der Waals surface area contributed by atoms with Crippen LogP contribution in [0.4, 0.5) is 0 Å². The van der Waals surface area contributed by atoms with Gasteiger partial charge in [0, 0.05) is 11.1 Å². The molecule has 2 N–H and O–H groups in total. The minimum Gasteiger partial charge on any atom is -1.00 e. The number of amides is 1. The molecule has 1 aromatic heterocycles. The van der Waals surface area contributed by atoms with Gasteiger partial charge in [-0.2, -0.15) is 11.8 Å². The standard InChI is InChI=1S/C34H37NO5S.Li.H/c1-22(2)25-10-12-26(13-11-25)32-16-14-27(40-32)21-39-20-24-9-15-29(30(19-24)28-8-6-5-7-23(28)3)33(36)35-31(34(37)38)17-18-41-4;;/h5-16,19,22,31H,17-18,20-21H2,1-4H3,(H,35,36)(H,37,38);;/q;+1;-1. The number of ether oxygens (including phenoxy) is 1. The van der Waals surface area contributed by atoms with Gasteiger partial charge in [0.1, 0.15) is 24.2 Å². The molecular weight excluding hydrogens is 541 g/mol. The van der Waals surface area contributed by atoms with E-state index in [1.54, 1.807) is 17.8 Å². The van der Waals surface area contributed by atoms with Crippen LogP contribution in [0, 0.1) is 6.92 Å². The van der Waals surface area contributed by atoms with Crippen molar-refractivity contribution < 1.29 is 44.1 Å². The number of hydrogen-bond donors (Lipinski definition) is 2. The number of furan rings is 1. The molecule has 1 atom stereocenters. The normalized spacial score (nSPS) is 11.6. The van der Waals surface area contributed by atoms with Crippen LogP contribution in [0.3, 0.4) is 0 Å². The summed E-state index contributed by atoms with van der Waals surface area (Å²) in [4.78, 5) is 25.0. The summed E-state index contributed by atoms with van der Waals surface area (Å²) < 4.78 is 12.0. The first kappa shape index (κ1) is 33.3. The Bertz CT molecular complexity index is 1490. The molecule has 0 saturated heterocycles. The molecule has 0 spiro atoms. The molecule has 6 nitrogen and oxygen atoms in total. The number of carbonyl (C=O) groups excluding carboxylic acids is 1. The summed E-state index contributed by atoms with van der Waals surface area (Å²) in [6.45, 7) is 6.97. The summed E-state index contributed by atoms with van der Waals surface area (Å²) in [5.74, 6) is 1.20. The molecule has 0 saturated carbocycles. The van der Waals surface area contributed by atoms with Crippen LogP contribution in [-0.4, -0.2) is 35.0 Å². The molecule has 3 aromatic carbocycles. The summed E-state index contributed by atoms with van der Waals surface area (Å²) >= 11 is 1.55. The molecule has 8 heteroatoms. The van der Waals surface area contributed by atoms with Gasteiger partial charge in [-0.15, -0.1) is 0 Å². The molecular formula is C34H38LiNO5S. The minimum atomic E-state index is -1.04. The van der Waals surface area contributed by atoms with Crippen LogP contribution < -0.4 is 24.2 Å².